The zero-order valence-electron chi connectivity index (χ0n) is 15.3. The van der Waals surface area contributed by atoms with E-state index in [1.54, 1.807) is 66.7 Å². The van der Waals surface area contributed by atoms with Crippen molar-refractivity contribution in [1.29, 1.82) is 0 Å². The van der Waals surface area contributed by atoms with Gasteiger partial charge in [0, 0.05) is 16.1 Å². The maximum atomic E-state index is 12.6. The van der Waals surface area contributed by atoms with E-state index in [2.05, 4.69) is 15.9 Å². The number of benzene rings is 3. The van der Waals surface area contributed by atoms with Gasteiger partial charge in [0.2, 0.25) is 5.78 Å². The van der Waals surface area contributed by atoms with E-state index in [-0.39, 0.29) is 23.9 Å². The molecule has 1 aliphatic heterocycles. The van der Waals surface area contributed by atoms with Crippen LogP contribution < -0.4 is 9.47 Å². The summed E-state index contributed by atoms with van der Waals surface area (Å²) in [7, 11) is 0. The van der Waals surface area contributed by atoms with Crippen molar-refractivity contribution in [2.45, 2.75) is 0 Å². The van der Waals surface area contributed by atoms with Crippen LogP contribution in [0.1, 0.15) is 26.3 Å². The fraction of sp³-hybridized carbons (Fsp3) is 0.0435. The summed E-state index contributed by atoms with van der Waals surface area (Å²) in [5.74, 6) is 0.499. The first-order valence-corrected chi connectivity index (χ1v) is 10.4. The number of carbonyl (C=O) groups excluding carboxylic acids is 2. The van der Waals surface area contributed by atoms with E-state index in [0.717, 1.165) is 4.47 Å². The summed E-state index contributed by atoms with van der Waals surface area (Å²) in [6.07, 6.45) is 1.55. The highest BCUT2D eigenvalue weighted by Crippen LogP contribution is 2.36. The molecule has 30 heavy (non-hydrogen) atoms. The minimum Gasteiger partial charge on any atom is -0.485 e. The summed E-state index contributed by atoms with van der Waals surface area (Å²) in [4.78, 5) is 24.9. The van der Waals surface area contributed by atoms with Crippen molar-refractivity contribution < 1.29 is 19.1 Å². The van der Waals surface area contributed by atoms with Gasteiger partial charge in [0.15, 0.2) is 18.1 Å². The highest BCUT2D eigenvalue weighted by molar-refractivity contribution is 9.10. The number of hydrogen-bond acceptors (Lipinski definition) is 4. The van der Waals surface area contributed by atoms with Crippen molar-refractivity contribution in [1.82, 2.24) is 0 Å². The van der Waals surface area contributed by atoms with E-state index in [1.165, 1.54) is 0 Å². The number of ketones is 2. The topological polar surface area (TPSA) is 52.6 Å². The monoisotopic (exact) mass is 502 g/mol. The summed E-state index contributed by atoms with van der Waals surface area (Å²) in [6.45, 7) is -0.130. The Morgan fingerprint density at radius 1 is 1.07 bits per heavy atom. The maximum Gasteiger partial charge on any atom is 0.231 e. The molecule has 0 bridgehead atoms. The van der Waals surface area contributed by atoms with Crippen molar-refractivity contribution in [2.24, 2.45) is 0 Å². The zero-order valence-corrected chi connectivity index (χ0v) is 18.4. The van der Waals surface area contributed by atoms with Gasteiger partial charge in [-0.2, -0.15) is 0 Å². The van der Waals surface area contributed by atoms with Crippen molar-refractivity contribution in [3.05, 3.63) is 97.6 Å². The molecule has 0 fully saturated rings. The molecule has 4 rings (SSSR count). The Labute approximate surface area is 191 Å². The molecule has 3 aromatic carbocycles. The molecule has 0 aliphatic carbocycles. The summed E-state index contributed by atoms with van der Waals surface area (Å²) in [5, 5.41) is 0.731. The summed E-state index contributed by atoms with van der Waals surface area (Å²) < 4.78 is 12.2. The minimum absolute atomic E-state index is 0.130. The van der Waals surface area contributed by atoms with Crippen LogP contribution in [0, 0.1) is 0 Å². The SMILES string of the molecule is O=C(COc1ccc2c(c1)O/C(=C\c1cccc(Cl)c1Cl)C2=O)c1ccc(Br)cc1. The largest absolute Gasteiger partial charge is 0.485 e. The molecule has 0 saturated carbocycles. The van der Waals surface area contributed by atoms with Crippen LogP contribution in [-0.2, 0) is 0 Å². The lowest BCUT2D eigenvalue weighted by Crippen LogP contribution is -2.11. The second-order valence-corrected chi connectivity index (χ2v) is 8.16. The third-order valence-corrected chi connectivity index (χ3v) is 5.81. The molecule has 0 spiro atoms. The highest BCUT2D eigenvalue weighted by atomic mass is 79.9. The number of carbonyl (C=O) groups is 2. The first-order valence-electron chi connectivity index (χ1n) is 8.86. The Hall–Kier alpha value is -2.60. The van der Waals surface area contributed by atoms with Crippen molar-refractivity contribution in [2.75, 3.05) is 6.61 Å². The normalized spacial score (nSPS) is 13.8. The highest BCUT2D eigenvalue weighted by Gasteiger charge is 2.28. The molecule has 0 amide bonds. The van der Waals surface area contributed by atoms with Gasteiger partial charge in [0.05, 0.1) is 15.6 Å². The van der Waals surface area contributed by atoms with E-state index < -0.39 is 0 Å². The smallest absolute Gasteiger partial charge is 0.231 e. The van der Waals surface area contributed by atoms with E-state index in [9.17, 15) is 9.59 Å². The lowest BCUT2D eigenvalue weighted by molar-refractivity contribution is 0.0921. The molecule has 1 aliphatic rings. The third-order valence-electron chi connectivity index (χ3n) is 4.45. The van der Waals surface area contributed by atoms with Crippen LogP contribution in [0.5, 0.6) is 11.5 Å². The molecule has 4 nitrogen and oxygen atoms in total. The molecule has 0 radical (unpaired) electrons. The van der Waals surface area contributed by atoms with Crippen LogP contribution in [0.15, 0.2) is 70.9 Å². The molecular weight excluding hydrogens is 491 g/mol. The Bertz CT molecular complexity index is 1190. The Kier molecular flexibility index (Phi) is 5.95. The first kappa shape index (κ1) is 20.7. The number of ether oxygens (including phenoxy) is 2. The Morgan fingerprint density at radius 3 is 2.60 bits per heavy atom. The number of Topliss-reactive ketones (excluding diaryl/α,β-unsaturated/α-hetero) is 2. The summed E-state index contributed by atoms with van der Waals surface area (Å²) in [6, 6.07) is 17.0. The number of allylic oxidation sites excluding steroid dienone is 1. The van der Waals surface area contributed by atoms with Crippen LogP contribution in [-0.4, -0.2) is 18.2 Å². The molecule has 0 unspecified atom stereocenters. The van der Waals surface area contributed by atoms with Gasteiger partial charge in [-0.25, -0.2) is 0 Å². The summed E-state index contributed by atoms with van der Waals surface area (Å²) in [5.41, 5.74) is 1.54. The van der Waals surface area contributed by atoms with Crippen LogP contribution in [0.4, 0.5) is 0 Å². The van der Waals surface area contributed by atoms with Gasteiger partial charge in [0.25, 0.3) is 0 Å². The molecule has 0 saturated heterocycles. The van der Waals surface area contributed by atoms with Crippen LogP contribution in [0.3, 0.4) is 0 Å². The van der Waals surface area contributed by atoms with Gasteiger partial charge >= 0.3 is 0 Å². The minimum atomic E-state index is -0.265. The lowest BCUT2D eigenvalue weighted by atomic mass is 10.1. The molecule has 7 heteroatoms. The standard InChI is InChI=1S/C23H13BrCl2O4/c24-15-6-4-13(5-7-15)19(27)12-29-16-8-9-17-20(11-16)30-21(23(17)28)10-14-2-1-3-18(25)22(14)26/h1-11H,12H2/b21-10-. The van der Waals surface area contributed by atoms with Gasteiger partial charge in [-0.3, -0.25) is 9.59 Å². The quantitative estimate of drug-likeness (QED) is 0.289. The van der Waals surface area contributed by atoms with E-state index in [1.807, 2.05) is 0 Å². The molecule has 3 aromatic rings. The molecule has 0 atom stereocenters. The van der Waals surface area contributed by atoms with Gasteiger partial charge in [-0.1, -0.05) is 63.4 Å². The van der Waals surface area contributed by atoms with Gasteiger partial charge < -0.3 is 9.47 Å². The number of hydrogen-bond donors (Lipinski definition) is 0. The molecule has 1 heterocycles. The van der Waals surface area contributed by atoms with E-state index in [4.69, 9.17) is 32.7 Å². The molecular formula is C23H13BrCl2O4. The predicted molar refractivity (Wildman–Crippen MR) is 120 cm³/mol. The van der Waals surface area contributed by atoms with Crippen LogP contribution in [0.25, 0.3) is 6.08 Å². The Balaban J connectivity index is 1.49. The number of rotatable bonds is 5. The second kappa shape index (κ2) is 8.64. The van der Waals surface area contributed by atoms with E-state index >= 15 is 0 Å². The first-order chi connectivity index (χ1) is 14.4. The second-order valence-electron chi connectivity index (χ2n) is 6.46. The molecule has 150 valence electrons. The maximum absolute atomic E-state index is 12.6. The van der Waals surface area contributed by atoms with Gasteiger partial charge in [0.1, 0.15) is 11.5 Å². The number of halogens is 3. The molecule has 0 N–H and O–H groups in total. The fourth-order valence-corrected chi connectivity index (χ4v) is 3.52. The lowest BCUT2D eigenvalue weighted by Gasteiger charge is -2.07. The fourth-order valence-electron chi connectivity index (χ4n) is 2.90. The average Bonchev–Trinajstić information content (AvgIpc) is 3.05. The van der Waals surface area contributed by atoms with Gasteiger partial charge in [-0.15, -0.1) is 0 Å². The third kappa shape index (κ3) is 4.29. The molecule has 0 aromatic heterocycles. The number of fused-ring (bicyclic) bond motifs is 1. The zero-order chi connectivity index (χ0) is 21.3. The Morgan fingerprint density at radius 2 is 1.83 bits per heavy atom. The van der Waals surface area contributed by atoms with Crippen molar-refractivity contribution in [3.63, 3.8) is 0 Å². The van der Waals surface area contributed by atoms with Gasteiger partial charge in [-0.05, 0) is 42.0 Å². The summed E-state index contributed by atoms with van der Waals surface area (Å²) >= 11 is 15.5. The van der Waals surface area contributed by atoms with Crippen molar-refractivity contribution >= 4 is 56.8 Å². The van der Waals surface area contributed by atoms with Crippen molar-refractivity contribution in [3.8, 4) is 11.5 Å². The van der Waals surface area contributed by atoms with E-state index in [0.29, 0.717) is 38.2 Å². The van der Waals surface area contributed by atoms with Crippen LogP contribution >= 0.6 is 39.1 Å². The predicted octanol–water partition coefficient (Wildman–Crippen LogP) is 6.63. The average molecular weight is 504 g/mol. The van der Waals surface area contributed by atoms with Crippen LogP contribution in [0.2, 0.25) is 10.0 Å².